The van der Waals surface area contributed by atoms with Crippen molar-refractivity contribution in [3.63, 3.8) is 0 Å². The topological polar surface area (TPSA) is 46.2 Å². The molecule has 0 aromatic heterocycles. The smallest absolute Gasteiger partial charge is 0.209 e. The first-order valence-electron chi connectivity index (χ1n) is 7.69. The van der Waals surface area contributed by atoms with E-state index in [0.29, 0.717) is 0 Å². The fourth-order valence-electron chi connectivity index (χ4n) is 2.49. The van der Waals surface area contributed by atoms with Gasteiger partial charge >= 0.3 is 0 Å². The summed E-state index contributed by atoms with van der Waals surface area (Å²) in [6.07, 6.45) is 6.88. The molecule has 0 heterocycles. The zero-order valence-electron chi connectivity index (χ0n) is 13.6. The van der Waals surface area contributed by atoms with Crippen LogP contribution in [0.25, 0.3) is 6.08 Å². The van der Waals surface area contributed by atoms with Gasteiger partial charge in [-0.2, -0.15) is 0 Å². The molecule has 0 saturated heterocycles. The number of benzene rings is 2. The van der Waals surface area contributed by atoms with Crippen LogP contribution in [0.3, 0.4) is 0 Å². The molecule has 0 amide bonds. The van der Waals surface area contributed by atoms with Crippen LogP contribution in [0.1, 0.15) is 35.6 Å². The molecule has 0 bridgehead atoms. The minimum Gasteiger partial charge on any atom is -0.213 e. The van der Waals surface area contributed by atoms with Crippen LogP contribution >= 0.6 is 0 Å². The first kappa shape index (κ1) is 17.4. The molecule has 0 spiro atoms. The highest BCUT2D eigenvalue weighted by Gasteiger charge is 2.15. The van der Waals surface area contributed by atoms with Gasteiger partial charge in [-0.3, -0.25) is 0 Å². The average Bonchev–Trinajstić information content (AvgIpc) is 2.50. The zero-order chi connectivity index (χ0) is 16.7. The second-order valence-electron chi connectivity index (χ2n) is 5.75. The third-order valence-corrected chi connectivity index (χ3v) is 4.25. The summed E-state index contributed by atoms with van der Waals surface area (Å²) >= 11 is 0. The number of rotatable bonds is 7. The Morgan fingerprint density at radius 1 is 1.09 bits per heavy atom. The van der Waals surface area contributed by atoms with Gasteiger partial charge in [0.1, 0.15) is 0 Å². The molecule has 2 aromatic carbocycles. The van der Waals surface area contributed by atoms with Crippen molar-refractivity contribution >= 4 is 16.1 Å². The maximum Gasteiger partial charge on any atom is 0.209 e. The van der Waals surface area contributed by atoms with Gasteiger partial charge in [0.25, 0.3) is 0 Å². The van der Waals surface area contributed by atoms with E-state index in [-0.39, 0.29) is 6.04 Å². The van der Waals surface area contributed by atoms with Crippen LogP contribution in [-0.4, -0.2) is 14.7 Å². The number of aryl methyl sites for hydroxylation is 1. The molecule has 23 heavy (non-hydrogen) atoms. The fourth-order valence-corrected chi connectivity index (χ4v) is 3.26. The molecule has 1 unspecified atom stereocenters. The SMILES string of the molecule is Cc1cccc(C(CC/C=C/c2ccccc2)NS(C)(=O)=O)c1. The van der Waals surface area contributed by atoms with E-state index >= 15 is 0 Å². The largest absolute Gasteiger partial charge is 0.213 e. The Morgan fingerprint density at radius 3 is 2.48 bits per heavy atom. The molecule has 3 nitrogen and oxygen atoms in total. The van der Waals surface area contributed by atoms with Gasteiger partial charge in [0.15, 0.2) is 0 Å². The lowest BCUT2D eigenvalue weighted by Gasteiger charge is -2.17. The van der Waals surface area contributed by atoms with Crippen LogP contribution in [0, 0.1) is 6.92 Å². The molecular formula is C19H23NO2S. The molecule has 0 saturated carbocycles. The number of hydrogen-bond donors (Lipinski definition) is 1. The molecule has 2 aromatic rings. The van der Waals surface area contributed by atoms with Crippen molar-refractivity contribution in [3.05, 3.63) is 77.4 Å². The summed E-state index contributed by atoms with van der Waals surface area (Å²) in [7, 11) is -3.25. The molecule has 4 heteroatoms. The Bertz CT molecular complexity index is 752. The summed E-state index contributed by atoms with van der Waals surface area (Å²) in [4.78, 5) is 0. The zero-order valence-corrected chi connectivity index (χ0v) is 14.4. The van der Waals surface area contributed by atoms with Crippen LogP contribution in [-0.2, 0) is 10.0 Å². The summed E-state index contributed by atoms with van der Waals surface area (Å²) in [6.45, 7) is 2.01. The van der Waals surface area contributed by atoms with Crippen molar-refractivity contribution in [2.24, 2.45) is 0 Å². The summed E-state index contributed by atoms with van der Waals surface area (Å²) in [5, 5.41) is 0. The molecule has 2 rings (SSSR count). The maximum absolute atomic E-state index is 11.6. The van der Waals surface area contributed by atoms with Crippen LogP contribution in [0.2, 0.25) is 0 Å². The van der Waals surface area contributed by atoms with Crippen molar-refractivity contribution in [1.82, 2.24) is 4.72 Å². The van der Waals surface area contributed by atoms with Gasteiger partial charge in [0.05, 0.1) is 6.26 Å². The predicted molar refractivity (Wildman–Crippen MR) is 96.6 cm³/mol. The summed E-state index contributed by atoms with van der Waals surface area (Å²) in [6, 6.07) is 17.8. The Hall–Kier alpha value is -1.91. The van der Waals surface area contributed by atoms with Gasteiger partial charge in [-0.15, -0.1) is 0 Å². The molecule has 0 aliphatic rings. The van der Waals surface area contributed by atoms with Crippen molar-refractivity contribution in [3.8, 4) is 0 Å². The predicted octanol–water partition coefficient (Wildman–Crippen LogP) is 4.08. The minimum atomic E-state index is -3.25. The van der Waals surface area contributed by atoms with E-state index in [2.05, 4.69) is 16.9 Å². The van der Waals surface area contributed by atoms with Crippen LogP contribution in [0.5, 0.6) is 0 Å². The first-order valence-corrected chi connectivity index (χ1v) is 9.59. The number of allylic oxidation sites excluding steroid dienone is 1. The van der Waals surface area contributed by atoms with Crippen LogP contribution < -0.4 is 4.72 Å². The van der Waals surface area contributed by atoms with E-state index in [4.69, 9.17) is 0 Å². The van der Waals surface area contributed by atoms with Crippen molar-refractivity contribution in [1.29, 1.82) is 0 Å². The molecular weight excluding hydrogens is 306 g/mol. The molecule has 122 valence electrons. The van der Waals surface area contributed by atoms with E-state index < -0.39 is 10.0 Å². The average molecular weight is 329 g/mol. The molecule has 0 aliphatic carbocycles. The monoisotopic (exact) mass is 329 g/mol. The Kier molecular flexibility index (Phi) is 6.13. The third-order valence-electron chi connectivity index (χ3n) is 3.53. The van der Waals surface area contributed by atoms with Crippen molar-refractivity contribution < 1.29 is 8.42 Å². The van der Waals surface area contributed by atoms with Gasteiger partial charge in [-0.1, -0.05) is 72.3 Å². The lowest BCUT2D eigenvalue weighted by atomic mass is 10.0. The highest BCUT2D eigenvalue weighted by molar-refractivity contribution is 7.88. The molecule has 0 radical (unpaired) electrons. The van der Waals surface area contributed by atoms with Gasteiger partial charge < -0.3 is 0 Å². The van der Waals surface area contributed by atoms with E-state index in [1.807, 2.05) is 61.5 Å². The van der Waals surface area contributed by atoms with Gasteiger partial charge in [0.2, 0.25) is 10.0 Å². The molecule has 1 atom stereocenters. The number of hydrogen-bond acceptors (Lipinski definition) is 2. The van der Waals surface area contributed by atoms with Crippen molar-refractivity contribution in [2.75, 3.05) is 6.26 Å². The van der Waals surface area contributed by atoms with Crippen molar-refractivity contribution in [2.45, 2.75) is 25.8 Å². The molecule has 1 N–H and O–H groups in total. The Morgan fingerprint density at radius 2 is 1.83 bits per heavy atom. The highest BCUT2D eigenvalue weighted by atomic mass is 32.2. The standard InChI is InChI=1S/C19H23NO2S/c1-16-9-8-13-18(15-16)19(20-23(2,21)22)14-7-6-12-17-10-4-3-5-11-17/h3-6,8-13,15,19-20H,7,14H2,1-2H3/b12-6+. The van der Waals surface area contributed by atoms with Crippen LogP contribution in [0.4, 0.5) is 0 Å². The number of nitrogens with one attached hydrogen (secondary N) is 1. The summed E-state index contributed by atoms with van der Waals surface area (Å²) in [5.74, 6) is 0. The van der Waals surface area contributed by atoms with Gasteiger partial charge in [-0.05, 0) is 30.9 Å². The maximum atomic E-state index is 11.6. The van der Waals surface area contributed by atoms with Gasteiger partial charge in [0, 0.05) is 6.04 Å². The normalized spacial score (nSPS) is 13.3. The minimum absolute atomic E-state index is 0.203. The van der Waals surface area contributed by atoms with E-state index in [9.17, 15) is 8.42 Å². The van der Waals surface area contributed by atoms with E-state index in [0.717, 1.165) is 29.5 Å². The molecule has 0 aliphatic heterocycles. The second-order valence-corrected chi connectivity index (χ2v) is 7.53. The highest BCUT2D eigenvalue weighted by Crippen LogP contribution is 2.21. The lowest BCUT2D eigenvalue weighted by Crippen LogP contribution is -2.27. The quantitative estimate of drug-likeness (QED) is 0.832. The Balaban J connectivity index is 2.05. The summed E-state index contributed by atoms with van der Waals surface area (Å²) < 4.78 is 26.0. The fraction of sp³-hybridized carbons (Fsp3) is 0.263. The second kappa shape index (κ2) is 8.09. The molecule has 0 fully saturated rings. The summed E-state index contributed by atoms with van der Waals surface area (Å²) in [5.41, 5.74) is 3.28. The Labute approximate surface area is 139 Å². The number of sulfonamides is 1. The van der Waals surface area contributed by atoms with E-state index in [1.54, 1.807) is 0 Å². The van der Waals surface area contributed by atoms with Crippen LogP contribution in [0.15, 0.2) is 60.7 Å². The van der Waals surface area contributed by atoms with E-state index in [1.165, 1.54) is 6.26 Å². The lowest BCUT2D eigenvalue weighted by molar-refractivity contribution is 0.547. The van der Waals surface area contributed by atoms with Gasteiger partial charge in [-0.25, -0.2) is 13.1 Å². The first-order chi connectivity index (χ1) is 10.9. The third kappa shape index (κ3) is 6.38.